The molecule has 0 saturated heterocycles. The average molecular weight is 396 g/mol. The molecule has 3 heteroatoms. The van der Waals surface area contributed by atoms with Gasteiger partial charge in [-0.1, -0.05) is 81.3 Å². The van der Waals surface area contributed by atoms with Crippen LogP contribution >= 0.6 is 24.0 Å². The number of rotatable bonds is 6. The third-order valence-corrected chi connectivity index (χ3v) is 6.54. The molecule has 0 heterocycles. The van der Waals surface area contributed by atoms with Crippen LogP contribution in [0, 0.1) is 0 Å². The van der Waals surface area contributed by atoms with Crippen LogP contribution in [0.4, 0.5) is 0 Å². The number of benzene rings is 1. The topological polar surface area (TPSA) is 3.24 Å². The first-order chi connectivity index (χ1) is 12.3. The Balaban J connectivity index is 0.00000243. The van der Waals surface area contributed by atoms with Crippen molar-refractivity contribution in [1.29, 1.82) is 0 Å². The van der Waals surface area contributed by atoms with E-state index in [2.05, 4.69) is 42.2 Å². The van der Waals surface area contributed by atoms with Gasteiger partial charge in [0.25, 0.3) is 0 Å². The zero-order chi connectivity index (χ0) is 17.5. The molecule has 0 bridgehead atoms. The van der Waals surface area contributed by atoms with Crippen molar-refractivity contribution in [1.82, 2.24) is 4.90 Å². The largest absolute Gasteiger partial charge is 0.297 e. The van der Waals surface area contributed by atoms with E-state index in [-0.39, 0.29) is 12.4 Å². The van der Waals surface area contributed by atoms with Gasteiger partial charge in [-0.2, -0.15) is 0 Å². The summed E-state index contributed by atoms with van der Waals surface area (Å²) in [7, 11) is 0. The minimum Gasteiger partial charge on any atom is -0.297 e. The molecule has 0 amide bonds. The fraction of sp³-hybridized carbons (Fsp3) is 0.652. The van der Waals surface area contributed by atoms with Crippen molar-refractivity contribution < 1.29 is 0 Å². The van der Waals surface area contributed by atoms with Gasteiger partial charge < -0.3 is 0 Å². The van der Waals surface area contributed by atoms with Crippen LogP contribution in [0.2, 0.25) is 5.02 Å². The molecule has 3 rings (SSSR count). The minimum atomic E-state index is 0. The predicted octanol–water partition coefficient (Wildman–Crippen LogP) is 7.48. The van der Waals surface area contributed by atoms with Gasteiger partial charge in [0, 0.05) is 17.6 Å². The molecule has 146 valence electrons. The highest BCUT2D eigenvalue weighted by Crippen LogP contribution is 2.36. The summed E-state index contributed by atoms with van der Waals surface area (Å²) in [5.41, 5.74) is 2.61. The van der Waals surface area contributed by atoms with Gasteiger partial charge in [-0.15, -0.1) is 12.4 Å². The highest BCUT2D eigenvalue weighted by atomic mass is 35.5. The van der Waals surface area contributed by atoms with Crippen molar-refractivity contribution in [2.75, 3.05) is 13.1 Å². The third kappa shape index (κ3) is 6.01. The van der Waals surface area contributed by atoms with Gasteiger partial charge in [0.1, 0.15) is 0 Å². The van der Waals surface area contributed by atoms with Crippen LogP contribution < -0.4 is 0 Å². The maximum Gasteiger partial charge on any atom is 0.0446 e. The molecule has 2 aliphatic carbocycles. The van der Waals surface area contributed by atoms with Crippen molar-refractivity contribution in [3.63, 3.8) is 0 Å². The SMILES string of the molecule is CCN(CC=Cc1ccc(C2CCCCC2)c(Cl)c1)C1CCCCC1.Cl. The average Bonchev–Trinajstić information content (AvgIpc) is 2.67. The van der Waals surface area contributed by atoms with Gasteiger partial charge in [0.05, 0.1) is 0 Å². The summed E-state index contributed by atoms with van der Waals surface area (Å²) in [6.07, 6.45) is 18.3. The Labute approximate surface area is 171 Å². The first-order valence-electron chi connectivity index (χ1n) is 10.5. The lowest BCUT2D eigenvalue weighted by atomic mass is 9.84. The van der Waals surface area contributed by atoms with Gasteiger partial charge in [0.15, 0.2) is 0 Å². The number of hydrogen-bond acceptors (Lipinski definition) is 1. The first kappa shape index (κ1) is 21.8. The smallest absolute Gasteiger partial charge is 0.0446 e. The van der Waals surface area contributed by atoms with Gasteiger partial charge in [0.2, 0.25) is 0 Å². The second-order valence-electron chi connectivity index (χ2n) is 7.90. The molecule has 2 aliphatic rings. The summed E-state index contributed by atoms with van der Waals surface area (Å²) < 4.78 is 0. The lowest BCUT2D eigenvalue weighted by Gasteiger charge is -2.32. The monoisotopic (exact) mass is 395 g/mol. The summed E-state index contributed by atoms with van der Waals surface area (Å²) in [6.45, 7) is 4.50. The Hall–Kier alpha value is -0.500. The lowest BCUT2D eigenvalue weighted by molar-refractivity contribution is 0.181. The van der Waals surface area contributed by atoms with E-state index in [1.165, 1.54) is 75.3 Å². The standard InChI is InChI=1S/C23H34ClN.ClH/c1-2-25(21-13-7-4-8-14-21)17-9-10-19-15-16-22(23(24)18-19)20-11-5-3-6-12-20;/h9-10,15-16,18,20-21H,2-8,11-14,17H2,1H3;1H. The predicted molar refractivity (Wildman–Crippen MR) is 118 cm³/mol. The van der Waals surface area contributed by atoms with E-state index in [0.29, 0.717) is 5.92 Å². The van der Waals surface area contributed by atoms with E-state index in [9.17, 15) is 0 Å². The van der Waals surface area contributed by atoms with E-state index in [0.717, 1.165) is 24.2 Å². The van der Waals surface area contributed by atoms with Crippen LogP contribution in [0.15, 0.2) is 24.3 Å². The Morgan fingerprint density at radius 3 is 2.27 bits per heavy atom. The fourth-order valence-corrected chi connectivity index (χ4v) is 5.04. The molecule has 1 aromatic rings. The molecule has 2 fully saturated rings. The fourth-order valence-electron chi connectivity index (χ4n) is 4.70. The quantitative estimate of drug-likeness (QED) is 0.482. The number of halogens is 2. The van der Waals surface area contributed by atoms with Crippen LogP contribution in [0.3, 0.4) is 0 Å². The molecule has 26 heavy (non-hydrogen) atoms. The summed E-state index contributed by atoms with van der Waals surface area (Å²) in [4.78, 5) is 2.63. The Morgan fingerprint density at radius 2 is 1.65 bits per heavy atom. The second kappa shape index (κ2) is 11.4. The maximum atomic E-state index is 6.61. The van der Waals surface area contributed by atoms with Crippen LogP contribution in [0.1, 0.15) is 88.2 Å². The summed E-state index contributed by atoms with van der Waals surface area (Å²) in [6, 6.07) is 7.49. The van der Waals surface area contributed by atoms with Gasteiger partial charge in [-0.25, -0.2) is 0 Å². The molecule has 0 unspecified atom stereocenters. The zero-order valence-electron chi connectivity index (χ0n) is 16.3. The van der Waals surface area contributed by atoms with E-state index in [4.69, 9.17) is 11.6 Å². The Kier molecular flexibility index (Phi) is 9.53. The summed E-state index contributed by atoms with van der Waals surface area (Å²) in [5.74, 6) is 0.682. The third-order valence-electron chi connectivity index (χ3n) is 6.22. The molecule has 2 saturated carbocycles. The lowest BCUT2D eigenvalue weighted by Crippen LogP contribution is -2.36. The summed E-state index contributed by atoms with van der Waals surface area (Å²) >= 11 is 6.61. The Morgan fingerprint density at radius 1 is 1.00 bits per heavy atom. The number of nitrogens with zero attached hydrogens (tertiary/aromatic N) is 1. The van der Waals surface area contributed by atoms with Crippen LogP contribution in [0.25, 0.3) is 6.08 Å². The molecular weight excluding hydrogens is 361 g/mol. The van der Waals surface area contributed by atoms with Crippen molar-refractivity contribution in [2.45, 2.75) is 83.1 Å². The number of likely N-dealkylation sites (N-methyl/N-ethyl adjacent to an activating group) is 1. The highest BCUT2D eigenvalue weighted by molar-refractivity contribution is 6.31. The van der Waals surface area contributed by atoms with Crippen molar-refractivity contribution in [3.05, 3.63) is 40.4 Å². The molecule has 1 nitrogen and oxygen atoms in total. The molecule has 1 aromatic carbocycles. The number of hydrogen-bond donors (Lipinski definition) is 0. The van der Waals surface area contributed by atoms with Gasteiger partial charge in [-0.05, 0) is 55.3 Å². The second-order valence-corrected chi connectivity index (χ2v) is 8.30. The van der Waals surface area contributed by atoms with Crippen LogP contribution in [-0.2, 0) is 0 Å². The maximum absolute atomic E-state index is 6.61. The molecule has 0 radical (unpaired) electrons. The molecule has 0 N–H and O–H groups in total. The van der Waals surface area contributed by atoms with Crippen molar-refractivity contribution in [2.24, 2.45) is 0 Å². The molecule has 0 aromatic heterocycles. The normalized spacial score (nSPS) is 19.8. The first-order valence-corrected chi connectivity index (χ1v) is 10.9. The highest BCUT2D eigenvalue weighted by Gasteiger charge is 2.19. The van der Waals surface area contributed by atoms with Crippen molar-refractivity contribution in [3.8, 4) is 0 Å². The molecule has 0 aliphatic heterocycles. The molecular formula is C23H35Cl2N. The van der Waals surface area contributed by atoms with Crippen molar-refractivity contribution >= 4 is 30.1 Å². The van der Waals surface area contributed by atoms with Crippen LogP contribution in [-0.4, -0.2) is 24.0 Å². The van der Waals surface area contributed by atoms with E-state index in [1.807, 2.05) is 0 Å². The molecule has 0 spiro atoms. The summed E-state index contributed by atoms with van der Waals surface area (Å²) in [5, 5.41) is 0.966. The van der Waals surface area contributed by atoms with E-state index in [1.54, 1.807) is 0 Å². The minimum absolute atomic E-state index is 0. The van der Waals surface area contributed by atoms with Crippen LogP contribution in [0.5, 0.6) is 0 Å². The van der Waals surface area contributed by atoms with Gasteiger partial charge in [-0.3, -0.25) is 4.90 Å². The zero-order valence-corrected chi connectivity index (χ0v) is 17.8. The molecule has 0 atom stereocenters. The van der Waals surface area contributed by atoms with E-state index < -0.39 is 0 Å². The van der Waals surface area contributed by atoms with E-state index >= 15 is 0 Å². The Bertz CT molecular complexity index is 557. The van der Waals surface area contributed by atoms with Gasteiger partial charge >= 0.3 is 0 Å².